The molecule has 1 aromatic carbocycles. The van der Waals surface area contributed by atoms with Gasteiger partial charge in [-0.15, -0.1) is 0 Å². The minimum atomic E-state index is -1.07. The molecule has 27 heavy (non-hydrogen) atoms. The van der Waals surface area contributed by atoms with Crippen LogP contribution in [0.15, 0.2) is 78.0 Å². The Balaban J connectivity index is 1.93. The number of hydrogen-bond acceptors (Lipinski definition) is 3. The number of nitrogens with zero attached hydrogens (tertiary/aromatic N) is 1. The van der Waals surface area contributed by atoms with Crippen molar-refractivity contribution in [3.63, 3.8) is 0 Å². The summed E-state index contributed by atoms with van der Waals surface area (Å²) < 4.78 is 25.0. The Morgan fingerprint density at radius 3 is 2.30 bits per heavy atom. The van der Waals surface area contributed by atoms with E-state index in [4.69, 9.17) is 4.98 Å². The lowest BCUT2D eigenvalue weighted by Crippen LogP contribution is -2.29. The molecule has 0 spiro atoms. The molecule has 2 aliphatic rings. The SMILES string of the molecule is CS(=O)c1ccc(-c2nc(=C3C=CC(F)C=C3)c(=C3C=CNC=C3)[nH]2)cc1. The first-order valence-corrected chi connectivity index (χ1v) is 10.1. The molecule has 1 aromatic heterocycles. The fourth-order valence-electron chi connectivity index (χ4n) is 2.95. The standard InChI is InChI=1S/C21H18FN3OS/c1-27(26)18-8-4-16(5-9-18)21-24-19(14-2-6-17(22)7-3-14)20(25-21)15-10-12-23-13-11-15/h2-13,17,23H,1H3,(H,24,25). The lowest BCUT2D eigenvalue weighted by Gasteiger charge is -2.03. The Labute approximate surface area is 158 Å². The van der Waals surface area contributed by atoms with Crippen molar-refractivity contribution < 1.29 is 8.60 Å². The number of allylic oxidation sites excluding steroid dienone is 6. The van der Waals surface area contributed by atoms with Gasteiger partial charge in [0.15, 0.2) is 0 Å². The summed E-state index contributed by atoms with van der Waals surface area (Å²) in [6.07, 6.45) is 14.7. The van der Waals surface area contributed by atoms with Gasteiger partial charge in [-0.2, -0.15) is 0 Å². The first-order chi connectivity index (χ1) is 13.1. The van der Waals surface area contributed by atoms with E-state index in [-0.39, 0.29) is 0 Å². The van der Waals surface area contributed by atoms with E-state index in [0.29, 0.717) is 5.82 Å². The van der Waals surface area contributed by atoms with Crippen molar-refractivity contribution in [2.45, 2.75) is 11.1 Å². The average Bonchev–Trinajstić information content (AvgIpc) is 3.15. The van der Waals surface area contributed by atoms with E-state index in [1.54, 1.807) is 18.4 Å². The molecule has 136 valence electrons. The predicted molar refractivity (Wildman–Crippen MR) is 107 cm³/mol. The number of H-pyrrole nitrogens is 1. The molecule has 1 aliphatic heterocycles. The summed E-state index contributed by atoms with van der Waals surface area (Å²) >= 11 is 0. The van der Waals surface area contributed by atoms with E-state index in [1.165, 1.54) is 12.2 Å². The zero-order valence-corrected chi connectivity index (χ0v) is 15.5. The maximum Gasteiger partial charge on any atom is 0.138 e. The molecule has 0 saturated heterocycles. The monoisotopic (exact) mass is 379 g/mol. The third-order valence-corrected chi connectivity index (χ3v) is 5.30. The van der Waals surface area contributed by atoms with Crippen molar-refractivity contribution >= 4 is 21.9 Å². The largest absolute Gasteiger partial charge is 0.368 e. The molecular formula is C21H18FN3OS. The van der Waals surface area contributed by atoms with Gasteiger partial charge in [-0.05, 0) is 36.4 Å². The molecule has 2 aromatic rings. The first-order valence-electron chi connectivity index (χ1n) is 8.50. The molecule has 0 saturated carbocycles. The second-order valence-corrected chi connectivity index (χ2v) is 7.57. The van der Waals surface area contributed by atoms with Crippen molar-refractivity contribution in [3.8, 4) is 11.4 Å². The highest BCUT2D eigenvalue weighted by atomic mass is 32.2. The molecule has 4 nitrogen and oxygen atoms in total. The van der Waals surface area contributed by atoms with Crippen LogP contribution in [-0.2, 0) is 10.8 Å². The minimum Gasteiger partial charge on any atom is -0.368 e. The quantitative estimate of drug-likeness (QED) is 0.841. The summed E-state index contributed by atoms with van der Waals surface area (Å²) in [5, 5.41) is 4.64. The number of imidazole rings is 1. The van der Waals surface area contributed by atoms with Gasteiger partial charge < -0.3 is 10.3 Å². The number of halogens is 1. The van der Waals surface area contributed by atoms with Crippen molar-refractivity contribution in [1.82, 2.24) is 15.3 Å². The maximum absolute atomic E-state index is 13.4. The van der Waals surface area contributed by atoms with Gasteiger partial charge >= 0.3 is 0 Å². The Morgan fingerprint density at radius 2 is 1.67 bits per heavy atom. The summed E-state index contributed by atoms with van der Waals surface area (Å²) in [4.78, 5) is 8.93. The van der Waals surface area contributed by atoms with E-state index in [0.717, 1.165) is 32.3 Å². The van der Waals surface area contributed by atoms with Crippen LogP contribution in [0.4, 0.5) is 4.39 Å². The van der Waals surface area contributed by atoms with Crippen molar-refractivity contribution in [2.24, 2.45) is 0 Å². The van der Waals surface area contributed by atoms with Gasteiger partial charge in [0.25, 0.3) is 0 Å². The number of aromatic nitrogens is 2. The van der Waals surface area contributed by atoms with Crippen molar-refractivity contribution in [2.75, 3.05) is 6.26 Å². The van der Waals surface area contributed by atoms with Crippen molar-refractivity contribution in [1.29, 1.82) is 0 Å². The number of nitrogens with one attached hydrogen (secondary N) is 2. The van der Waals surface area contributed by atoms with Gasteiger partial charge in [-0.1, -0.05) is 24.3 Å². The van der Waals surface area contributed by atoms with Crippen LogP contribution in [0, 0.1) is 0 Å². The number of alkyl halides is 1. The van der Waals surface area contributed by atoms with Gasteiger partial charge in [-0.3, -0.25) is 4.21 Å². The second kappa shape index (κ2) is 7.32. The number of aromatic amines is 1. The van der Waals surface area contributed by atoms with Crippen LogP contribution >= 0.6 is 0 Å². The minimum absolute atomic E-state index is 0.706. The summed E-state index contributed by atoms with van der Waals surface area (Å²) in [6.45, 7) is 0. The zero-order valence-electron chi connectivity index (χ0n) is 14.6. The van der Waals surface area contributed by atoms with E-state index in [1.807, 2.05) is 48.8 Å². The number of rotatable bonds is 2. The second-order valence-electron chi connectivity index (χ2n) is 6.19. The van der Waals surface area contributed by atoms with Gasteiger partial charge in [0.1, 0.15) is 12.0 Å². The molecule has 1 atom stereocenters. The predicted octanol–water partition coefficient (Wildman–Crippen LogP) is 2.21. The summed E-state index contributed by atoms with van der Waals surface area (Å²) in [5.74, 6) is 0.706. The lowest BCUT2D eigenvalue weighted by molar-refractivity contribution is 0.468. The van der Waals surface area contributed by atoms with Gasteiger partial charge in [0.2, 0.25) is 0 Å². The molecule has 1 aliphatic carbocycles. The fourth-order valence-corrected chi connectivity index (χ4v) is 3.47. The molecule has 2 N–H and O–H groups in total. The van der Waals surface area contributed by atoms with Crippen LogP contribution in [-0.4, -0.2) is 26.6 Å². The topological polar surface area (TPSA) is 57.8 Å². The first kappa shape index (κ1) is 17.4. The molecule has 0 radical (unpaired) electrons. The van der Waals surface area contributed by atoms with E-state index < -0.39 is 17.0 Å². The van der Waals surface area contributed by atoms with Crippen LogP contribution in [0.25, 0.3) is 22.5 Å². The van der Waals surface area contributed by atoms with Crippen LogP contribution in [0.1, 0.15) is 0 Å². The Kier molecular flexibility index (Phi) is 4.73. The normalized spacial score (nSPS) is 19.4. The molecule has 1 unspecified atom stereocenters. The van der Waals surface area contributed by atoms with Crippen LogP contribution in [0.3, 0.4) is 0 Å². The molecule has 0 fully saturated rings. The van der Waals surface area contributed by atoms with Crippen LogP contribution in [0.5, 0.6) is 0 Å². The van der Waals surface area contributed by atoms with E-state index in [9.17, 15) is 8.60 Å². The zero-order chi connectivity index (χ0) is 18.8. The van der Waals surface area contributed by atoms with Gasteiger partial charge in [0, 0.05) is 51.1 Å². The third kappa shape index (κ3) is 3.61. The Bertz CT molecular complexity index is 1110. The number of benzene rings is 1. The summed E-state index contributed by atoms with van der Waals surface area (Å²) in [7, 11) is -1.02. The third-order valence-electron chi connectivity index (χ3n) is 4.36. The highest BCUT2D eigenvalue weighted by Gasteiger charge is 2.10. The average molecular weight is 379 g/mol. The summed E-state index contributed by atoms with van der Waals surface area (Å²) in [6, 6.07) is 7.48. The van der Waals surface area contributed by atoms with Crippen LogP contribution < -0.4 is 16.0 Å². The Hall–Kier alpha value is -2.99. The Morgan fingerprint density at radius 1 is 1.00 bits per heavy atom. The molecule has 4 rings (SSSR count). The van der Waals surface area contributed by atoms with E-state index in [2.05, 4.69) is 10.3 Å². The molecule has 0 amide bonds. The number of dihydropyridines is 1. The molecule has 6 heteroatoms. The highest BCUT2D eigenvalue weighted by Crippen LogP contribution is 2.16. The molecular weight excluding hydrogens is 361 g/mol. The van der Waals surface area contributed by atoms with E-state index >= 15 is 0 Å². The fraction of sp³-hybridized carbons (Fsp3) is 0.0952. The summed E-state index contributed by atoms with van der Waals surface area (Å²) in [5.41, 5.74) is 2.72. The van der Waals surface area contributed by atoms with Crippen molar-refractivity contribution in [3.05, 3.63) is 83.8 Å². The molecule has 0 bridgehead atoms. The molecule has 2 heterocycles. The lowest BCUT2D eigenvalue weighted by atomic mass is 10.1. The van der Waals surface area contributed by atoms with Crippen LogP contribution in [0.2, 0.25) is 0 Å². The highest BCUT2D eigenvalue weighted by molar-refractivity contribution is 7.84. The van der Waals surface area contributed by atoms with Gasteiger partial charge in [0.05, 0.1) is 10.7 Å². The van der Waals surface area contributed by atoms with Gasteiger partial charge in [-0.25, -0.2) is 9.37 Å². The maximum atomic E-state index is 13.4. The number of hydrogen-bond donors (Lipinski definition) is 2. The smallest absolute Gasteiger partial charge is 0.138 e.